The average molecular weight is 689 g/mol. The summed E-state index contributed by atoms with van der Waals surface area (Å²) in [7, 11) is 2.39. The van der Waals surface area contributed by atoms with Crippen LogP contribution in [0.4, 0.5) is 4.39 Å². The minimum absolute atomic E-state index is 0.0146. The number of benzene rings is 3. The third kappa shape index (κ3) is 8.82. The molecule has 0 bridgehead atoms. The van der Waals surface area contributed by atoms with Crippen LogP contribution in [-0.2, 0) is 27.2 Å². The molecule has 0 saturated heterocycles. The van der Waals surface area contributed by atoms with Crippen molar-refractivity contribution in [1.29, 1.82) is 0 Å². The molecule has 3 aromatic carbocycles. The molecule has 12 heteroatoms. The Morgan fingerprint density at radius 3 is 2.04 bits per heavy atom. The summed E-state index contributed by atoms with van der Waals surface area (Å²) in [6, 6.07) is 19.3. The molecule has 0 unspecified atom stereocenters. The Kier molecular flexibility index (Phi) is 12.6. The van der Waals surface area contributed by atoms with E-state index in [9.17, 15) is 33.8 Å². The van der Waals surface area contributed by atoms with Crippen LogP contribution in [0.3, 0.4) is 0 Å². The van der Waals surface area contributed by atoms with Gasteiger partial charge in [-0.15, -0.1) is 0 Å². The van der Waals surface area contributed by atoms with Crippen LogP contribution in [0.15, 0.2) is 72.8 Å². The molecule has 0 aliphatic rings. The Bertz CT molecular complexity index is 1840. The molecule has 2 atom stereocenters. The van der Waals surface area contributed by atoms with Gasteiger partial charge in [-0.3, -0.25) is 9.59 Å². The first-order valence-corrected chi connectivity index (χ1v) is 16.1. The van der Waals surface area contributed by atoms with E-state index in [1.165, 1.54) is 38.5 Å². The van der Waals surface area contributed by atoms with E-state index in [2.05, 4.69) is 5.32 Å². The summed E-state index contributed by atoms with van der Waals surface area (Å²) in [5.74, 6) is -3.54. The van der Waals surface area contributed by atoms with Crippen LogP contribution >= 0.6 is 0 Å². The number of hydrogen-bond acceptors (Lipinski definition) is 8. The zero-order valence-corrected chi connectivity index (χ0v) is 28.3. The maximum atomic E-state index is 14.4. The summed E-state index contributed by atoms with van der Waals surface area (Å²) < 4.78 is 25.7. The van der Waals surface area contributed by atoms with E-state index in [0.717, 1.165) is 0 Å². The summed E-state index contributed by atoms with van der Waals surface area (Å²) in [5, 5.41) is 33.0. The van der Waals surface area contributed by atoms with E-state index in [4.69, 9.17) is 14.6 Å². The number of carbonyl (C=O) groups excluding carboxylic acids is 3. The first-order valence-electron chi connectivity index (χ1n) is 16.1. The van der Waals surface area contributed by atoms with Gasteiger partial charge in [-0.2, -0.15) is 0 Å². The van der Waals surface area contributed by atoms with Crippen molar-refractivity contribution in [2.45, 2.75) is 64.3 Å². The molecule has 0 radical (unpaired) electrons. The third-order valence-electron chi connectivity index (χ3n) is 8.25. The summed E-state index contributed by atoms with van der Waals surface area (Å²) in [6.07, 6.45) is -2.57. The topological polar surface area (TPSA) is 164 Å². The second-order valence-electron chi connectivity index (χ2n) is 12.1. The number of aliphatic hydroxyl groups is 2. The van der Waals surface area contributed by atoms with Crippen molar-refractivity contribution in [3.8, 4) is 22.3 Å². The number of carboxylic acids is 1. The first-order chi connectivity index (χ1) is 23.9. The molecular formula is C38H41FN2O9. The van der Waals surface area contributed by atoms with Crippen molar-refractivity contribution in [2.75, 3.05) is 14.2 Å². The Hall–Kier alpha value is -5.33. The molecular weight excluding hydrogens is 647 g/mol. The monoisotopic (exact) mass is 688 g/mol. The molecule has 4 rings (SSSR count). The van der Waals surface area contributed by atoms with Gasteiger partial charge in [-0.25, -0.2) is 14.0 Å². The Morgan fingerprint density at radius 2 is 1.44 bits per heavy atom. The molecule has 0 spiro atoms. The van der Waals surface area contributed by atoms with Crippen LogP contribution in [0.1, 0.15) is 81.6 Å². The normalized spacial score (nSPS) is 12.3. The predicted molar refractivity (Wildman–Crippen MR) is 183 cm³/mol. The van der Waals surface area contributed by atoms with E-state index in [1.54, 1.807) is 18.2 Å². The maximum absolute atomic E-state index is 14.4. The zero-order valence-electron chi connectivity index (χ0n) is 28.3. The van der Waals surface area contributed by atoms with Crippen LogP contribution in [0.25, 0.3) is 22.3 Å². The van der Waals surface area contributed by atoms with Crippen LogP contribution in [0, 0.1) is 5.82 Å². The summed E-state index contributed by atoms with van der Waals surface area (Å²) >= 11 is 0. The fraction of sp³-hybridized carbons (Fsp3) is 0.316. The highest BCUT2D eigenvalue weighted by Gasteiger charge is 2.31. The van der Waals surface area contributed by atoms with Crippen molar-refractivity contribution in [2.24, 2.45) is 0 Å². The van der Waals surface area contributed by atoms with E-state index in [0.29, 0.717) is 39.2 Å². The number of carbonyl (C=O) groups is 4. The molecule has 0 fully saturated rings. The molecule has 4 N–H and O–H groups in total. The Balaban J connectivity index is 1.84. The highest BCUT2D eigenvalue weighted by atomic mass is 19.1. The number of amides is 1. The number of aliphatic carboxylic acids is 1. The molecule has 11 nitrogen and oxygen atoms in total. The molecule has 4 aromatic rings. The first kappa shape index (κ1) is 37.5. The number of aromatic nitrogens is 1. The number of rotatable bonds is 15. The predicted octanol–water partition coefficient (Wildman–Crippen LogP) is 5.56. The van der Waals surface area contributed by atoms with Crippen molar-refractivity contribution in [1.82, 2.24) is 9.88 Å². The molecule has 0 aliphatic heterocycles. The number of esters is 2. The van der Waals surface area contributed by atoms with Crippen LogP contribution < -0.4 is 5.32 Å². The van der Waals surface area contributed by atoms with Gasteiger partial charge in [0.05, 0.1) is 44.0 Å². The van der Waals surface area contributed by atoms with Gasteiger partial charge in [-0.05, 0) is 74.1 Å². The quantitative estimate of drug-likeness (QED) is 0.117. The van der Waals surface area contributed by atoms with Gasteiger partial charge in [0.15, 0.2) is 0 Å². The molecule has 0 saturated carbocycles. The molecule has 50 heavy (non-hydrogen) atoms. The van der Waals surface area contributed by atoms with Crippen LogP contribution in [-0.4, -0.2) is 70.1 Å². The fourth-order valence-corrected chi connectivity index (χ4v) is 6.04. The number of ether oxygens (including phenoxy) is 2. The standard InChI is InChI=1S/C38H41FN2O9/c1-22(2)41-31(17-15-27(42)19-28(43)20-32(44)45)33(25-11-13-26(39)14-12-25)34(24-8-6-5-7-9-24)35(41)36(46)40-21-23-10-16-29(37(47)49-3)30(18-23)38(48)50-4/h5-14,16,18,22,27-28,42-43H,15,17,19-21H2,1-4H3,(H,40,46)(H,44,45)/t27-,28-/m1/s1. The second-order valence-corrected chi connectivity index (χ2v) is 12.1. The number of carboxylic acid groups (broad SMARTS) is 1. The largest absolute Gasteiger partial charge is 0.481 e. The van der Waals surface area contributed by atoms with Crippen LogP contribution in [0.2, 0.25) is 0 Å². The van der Waals surface area contributed by atoms with Crippen molar-refractivity contribution >= 4 is 23.8 Å². The van der Waals surface area contributed by atoms with E-state index in [1.807, 2.05) is 48.7 Å². The van der Waals surface area contributed by atoms with Gasteiger partial charge in [0.1, 0.15) is 11.5 Å². The van der Waals surface area contributed by atoms with E-state index in [-0.39, 0.29) is 43.0 Å². The lowest BCUT2D eigenvalue weighted by Gasteiger charge is -2.20. The smallest absolute Gasteiger partial charge is 0.338 e. The van der Waals surface area contributed by atoms with Gasteiger partial charge >= 0.3 is 17.9 Å². The lowest BCUT2D eigenvalue weighted by atomic mass is 9.92. The molecule has 1 amide bonds. The molecule has 264 valence electrons. The lowest BCUT2D eigenvalue weighted by Crippen LogP contribution is -2.27. The van der Waals surface area contributed by atoms with Gasteiger partial charge in [0.25, 0.3) is 5.91 Å². The van der Waals surface area contributed by atoms with Crippen LogP contribution in [0.5, 0.6) is 0 Å². The van der Waals surface area contributed by atoms with Gasteiger partial charge in [0.2, 0.25) is 0 Å². The fourth-order valence-electron chi connectivity index (χ4n) is 6.04. The summed E-state index contributed by atoms with van der Waals surface area (Å²) in [4.78, 5) is 50.2. The molecule has 1 heterocycles. The maximum Gasteiger partial charge on any atom is 0.338 e. The summed E-state index contributed by atoms with van der Waals surface area (Å²) in [6.45, 7) is 3.79. The van der Waals surface area contributed by atoms with Crippen molar-refractivity contribution < 1.29 is 48.4 Å². The van der Waals surface area contributed by atoms with Gasteiger partial charge < -0.3 is 34.7 Å². The Labute approximate surface area is 289 Å². The van der Waals surface area contributed by atoms with E-state index < -0.39 is 48.3 Å². The lowest BCUT2D eigenvalue weighted by molar-refractivity contribution is -0.139. The SMILES string of the molecule is COC(=O)c1ccc(CNC(=O)c2c(-c3ccccc3)c(-c3ccc(F)cc3)c(CC[C@@H](O)C[C@@H](O)CC(=O)O)n2C(C)C)cc1C(=O)OC. The minimum atomic E-state index is -1.24. The number of aliphatic hydroxyl groups excluding tert-OH is 2. The average Bonchev–Trinajstić information content (AvgIpc) is 3.44. The highest BCUT2D eigenvalue weighted by Crippen LogP contribution is 2.42. The van der Waals surface area contributed by atoms with E-state index >= 15 is 0 Å². The molecule has 0 aliphatic carbocycles. The zero-order chi connectivity index (χ0) is 36.5. The third-order valence-corrected chi connectivity index (χ3v) is 8.25. The number of methoxy groups -OCH3 is 2. The highest BCUT2D eigenvalue weighted by molar-refractivity contribution is 6.05. The van der Waals surface area contributed by atoms with Crippen molar-refractivity contribution in [3.63, 3.8) is 0 Å². The number of hydrogen-bond donors (Lipinski definition) is 4. The summed E-state index contributed by atoms with van der Waals surface area (Å²) in [5.41, 5.74) is 4.07. The van der Waals surface area contributed by atoms with Gasteiger partial charge in [0, 0.05) is 29.4 Å². The number of nitrogens with one attached hydrogen (secondary N) is 1. The number of halogens is 1. The van der Waals surface area contributed by atoms with Gasteiger partial charge in [-0.1, -0.05) is 48.5 Å². The second kappa shape index (κ2) is 16.9. The molecule has 1 aromatic heterocycles. The van der Waals surface area contributed by atoms with Crippen molar-refractivity contribution in [3.05, 3.63) is 107 Å². The minimum Gasteiger partial charge on any atom is -0.481 e. The Morgan fingerprint density at radius 1 is 0.820 bits per heavy atom. The number of nitrogens with zero attached hydrogens (tertiary/aromatic N) is 1.